The van der Waals surface area contributed by atoms with E-state index in [2.05, 4.69) is 16.0 Å². The number of nitrogens with two attached hydrogens (primary N) is 1. The number of amides is 3. The van der Waals surface area contributed by atoms with Gasteiger partial charge in [-0.3, -0.25) is 19.7 Å². The zero-order chi connectivity index (χ0) is 23.0. The maximum Gasteiger partial charge on any atom is 0.250 e. The van der Waals surface area contributed by atoms with E-state index in [9.17, 15) is 14.4 Å². The van der Waals surface area contributed by atoms with Crippen LogP contribution >= 0.6 is 11.6 Å². The van der Waals surface area contributed by atoms with E-state index in [-0.39, 0.29) is 24.3 Å². The van der Waals surface area contributed by atoms with Crippen molar-refractivity contribution in [2.45, 2.75) is 37.8 Å². The van der Waals surface area contributed by atoms with Gasteiger partial charge < -0.3 is 21.1 Å². The zero-order valence-electron chi connectivity index (χ0n) is 17.8. The van der Waals surface area contributed by atoms with Gasteiger partial charge in [-0.1, -0.05) is 29.3 Å². The summed E-state index contributed by atoms with van der Waals surface area (Å²) in [5, 5.41) is 9.61. The predicted octanol–water partition coefficient (Wildman–Crippen LogP) is 2.69. The van der Waals surface area contributed by atoms with Crippen LogP contribution in [0, 0.1) is 12.8 Å². The second-order valence-electron chi connectivity index (χ2n) is 8.28. The number of nitrogens with one attached hydrogen (secondary N) is 3. The van der Waals surface area contributed by atoms with E-state index in [1.807, 2.05) is 25.1 Å². The molecule has 1 fully saturated rings. The molecule has 3 atom stereocenters. The summed E-state index contributed by atoms with van der Waals surface area (Å²) in [5.41, 5.74) is 6.86. The lowest BCUT2D eigenvalue weighted by Crippen LogP contribution is -2.52. The molecule has 0 aliphatic carbocycles. The van der Waals surface area contributed by atoms with Crippen LogP contribution < -0.4 is 26.4 Å². The number of hydrogen-bond donors (Lipinski definition) is 4. The molecular weight excluding hydrogens is 432 g/mol. The molecule has 8 nitrogen and oxygen atoms in total. The van der Waals surface area contributed by atoms with Gasteiger partial charge in [-0.15, -0.1) is 0 Å². The monoisotopic (exact) mass is 456 g/mol. The normalized spacial score (nSPS) is 23.7. The lowest BCUT2D eigenvalue weighted by atomic mass is 9.79. The Bertz CT molecular complexity index is 1110. The summed E-state index contributed by atoms with van der Waals surface area (Å²) in [6, 6.07) is 10.3. The van der Waals surface area contributed by atoms with Crippen LogP contribution in [0.3, 0.4) is 0 Å². The summed E-state index contributed by atoms with van der Waals surface area (Å²) in [4.78, 5) is 38.2. The highest BCUT2D eigenvalue weighted by atomic mass is 35.5. The average molecular weight is 457 g/mol. The van der Waals surface area contributed by atoms with Crippen LogP contribution in [0.2, 0.25) is 5.02 Å². The Balaban J connectivity index is 1.72. The van der Waals surface area contributed by atoms with Crippen LogP contribution in [0.1, 0.15) is 30.4 Å². The van der Waals surface area contributed by atoms with Crippen molar-refractivity contribution in [3.8, 4) is 5.75 Å². The van der Waals surface area contributed by atoms with Crippen LogP contribution in [0.15, 0.2) is 36.4 Å². The molecule has 1 spiro atoms. The third-order valence-electron chi connectivity index (χ3n) is 6.16. The molecule has 2 aromatic rings. The van der Waals surface area contributed by atoms with Gasteiger partial charge in [0.15, 0.2) is 0 Å². The first kappa shape index (κ1) is 22.1. The number of fused-ring (bicyclic) bond motifs is 2. The number of methoxy groups -OCH3 is 1. The molecule has 168 valence electrons. The van der Waals surface area contributed by atoms with Crippen molar-refractivity contribution in [3.05, 3.63) is 52.5 Å². The molecule has 32 heavy (non-hydrogen) atoms. The average Bonchev–Trinajstić information content (AvgIpc) is 3.26. The number of aryl methyl sites for hydroxylation is 1. The Morgan fingerprint density at radius 3 is 2.78 bits per heavy atom. The minimum Gasteiger partial charge on any atom is -0.495 e. The fraction of sp³-hybridized carbons (Fsp3) is 0.348. The molecule has 0 radical (unpaired) electrons. The van der Waals surface area contributed by atoms with Gasteiger partial charge in [-0.05, 0) is 44.0 Å². The standard InChI is InChI=1S/C23H25ClN4O4/c1-12-3-6-17-15(9-12)23(22(31)27-17)16(11-14(28-23)5-8-20(25)29)21(30)26-18-10-13(24)4-7-19(18)32-2/h3-4,6-7,9-10,14,16,28H,5,8,11H2,1-2H3,(H2,25,29)(H,26,30)(H,27,31)/t14-,16+,23-/m0/s1. The number of primary amides is 1. The number of ether oxygens (including phenoxy) is 1. The van der Waals surface area contributed by atoms with Crippen molar-refractivity contribution in [1.29, 1.82) is 0 Å². The highest BCUT2D eigenvalue weighted by Gasteiger charge is 2.60. The lowest BCUT2D eigenvalue weighted by Gasteiger charge is -2.29. The molecule has 1 saturated heterocycles. The lowest BCUT2D eigenvalue weighted by molar-refractivity contribution is -0.130. The van der Waals surface area contributed by atoms with E-state index in [0.717, 1.165) is 11.1 Å². The molecule has 0 aromatic heterocycles. The minimum absolute atomic E-state index is 0.159. The number of anilines is 2. The Morgan fingerprint density at radius 1 is 1.28 bits per heavy atom. The van der Waals surface area contributed by atoms with Gasteiger partial charge >= 0.3 is 0 Å². The van der Waals surface area contributed by atoms with Gasteiger partial charge in [-0.2, -0.15) is 0 Å². The van der Waals surface area contributed by atoms with E-state index < -0.39 is 17.4 Å². The van der Waals surface area contributed by atoms with E-state index in [0.29, 0.717) is 35.0 Å². The molecule has 2 aliphatic heterocycles. The Kier molecular flexibility index (Phi) is 5.83. The van der Waals surface area contributed by atoms with E-state index >= 15 is 0 Å². The number of hydrogen-bond acceptors (Lipinski definition) is 5. The number of benzene rings is 2. The Labute approximate surface area is 190 Å². The van der Waals surface area contributed by atoms with Crippen LogP contribution in [0.4, 0.5) is 11.4 Å². The van der Waals surface area contributed by atoms with Crippen LogP contribution in [0.25, 0.3) is 0 Å². The number of rotatable bonds is 6. The van der Waals surface area contributed by atoms with Gasteiger partial charge in [0.05, 0.1) is 18.7 Å². The second kappa shape index (κ2) is 8.44. The summed E-state index contributed by atoms with van der Waals surface area (Å²) in [7, 11) is 1.50. The number of carbonyl (C=O) groups is 3. The molecule has 0 unspecified atom stereocenters. The maximum atomic E-state index is 13.6. The molecule has 3 amide bonds. The van der Waals surface area contributed by atoms with Crippen molar-refractivity contribution in [2.75, 3.05) is 17.7 Å². The van der Waals surface area contributed by atoms with E-state index in [1.54, 1.807) is 18.2 Å². The van der Waals surface area contributed by atoms with Crippen molar-refractivity contribution in [2.24, 2.45) is 11.7 Å². The van der Waals surface area contributed by atoms with Crippen LogP contribution in [0.5, 0.6) is 5.75 Å². The molecule has 2 aromatic carbocycles. The Hall–Kier alpha value is -3.10. The maximum absolute atomic E-state index is 13.6. The highest BCUT2D eigenvalue weighted by molar-refractivity contribution is 6.31. The van der Waals surface area contributed by atoms with Crippen molar-refractivity contribution in [3.63, 3.8) is 0 Å². The van der Waals surface area contributed by atoms with Crippen molar-refractivity contribution in [1.82, 2.24) is 5.32 Å². The SMILES string of the molecule is COc1ccc(Cl)cc1NC(=O)[C@H]1C[C@H](CCC(N)=O)N[C@]12C(=O)Nc1ccc(C)cc12. The zero-order valence-corrected chi connectivity index (χ0v) is 18.6. The predicted molar refractivity (Wildman–Crippen MR) is 122 cm³/mol. The van der Waals surface area contributed by atoms with Crippen molar-refractivity contribution < 1.29 is 19.1 Å². The molecule has 2 aliphatic rings. The molecule has 0 bridgehead atoms. The Morgan fingerprint density at radius 2 is 2.06 bits per heavy atom. The quantitative estimate of drug-likeness (QED) is 0.532. The van der Waals surface area contributed by atoms with Crippen molar-refractivity contribution >= 4 is 40.7 Å². The van der Waals surface area contributed by atoms with Gasteiger partial charge in [-0.25, -0.2) is 0 Å². The summed E-state index contributed by atoms with van der Waals surface area (Å²) in [5.74, 6) is -1.33. The number of halogens is 1. The van der Waals surface area contributed by atoms with Gasteiger partial charge in [0.2, 0.25) is 17.7 Å². The first-order valence-corrected chi connectivity index (χ1v) is 10.8. The number of carbonyl (C=O) groups excluding carboxylic acids is 3. The fourth-order valence-corrected chi connectivity index (χ4v) is 4.85. The van der Waals surface area contributed by atoms with E-state index in [1.165, 1.54) is 7.11 Å². The molecule has 5 N–H and O–H groups in total. The molecule has 4 rings (SSSR count). The first-order chi connectivity index (χ1) is 15.2. The summed E-state index contributed by atoms with van der Waals surface area (Å²) in [6.07, 6.45) is 0.949. The third-order valence-corrected chi connectivity index (χ3v) is 6.39. The first-order valence-electron chi connectivity index (χ1n) is 10.4. The summed E-state index contributed by atoms with van der Waals surface area (Å²) in [6.45, 7) is 1.93. The van der Waals surface area contributed by atoms with Crippen LogP contribution in [-0.4, -0.2) is 30.9 Å². The highest BCUT2D eigenvalue weighted by Crippen LogP contribution is 2.48. The smallest absolute Gasteiger partial charge is 0.250 e. The summed E-state index contributed by atoms with van der Waals surface area (Å²) >= 11 is 6.11. The molecule has 0 saturated carbocycles. The van der Waals surface area contributed by atoms with Gasteiger partial charge in [0.25, 0.3) is 0 Å². The van der Waals surface area contributed by atoms with Gasteiger partial charge in [0, 0.05) is 28.7 Å². The molecule has 2 heterocycles. The van der Waals surface area contributed by atoms with Crippen LogP contribution in [-0.2, 0) is 19.9 Å². The molecular formula is C23H25ClN4O4. The largest absolute Gasteiger partial charge is 0.495 e. The third kappa shape index (κ3) is 3.80. The molecule has 9 heteroatoms. The van der Waals surface area contributed by atoms with Gasteiger partial charge in [0.1, 0.15) is 11.3 Å². The fourth-order valence-electron chi connectivity index (χ4n) is 4.68. The topological polar surface area (TPSA) is 123 Å². The summed E-state index contributed by atoms with van der Waals surface area (Å²) < 4.78 is 5.34. The van der Waals surface area contributed by atoms with E-state index in [4.69, 9.17) is 22.1 Å². The second-order valence-corrected chi connectivity index (χ2v) is 8.72. The minimum atomic E-state index is -1.25.